The SMILES string of the molecule is CC(=O)Oc1c(-c2ccc(F)cc2)oc2cc([N+](=O)[O-])c(OC(C)C)cc12. The van der Waals surface area contributed by atoms with E-state index in [9.17, 15) is 19.3 Å². The summed E-state index contributed by atoms with van der Waals surface area (Å²) in [5.41, 5.74) is 0.330. The van der Waals surface area contributed by atoms with Crippen LogP contribution in [0.25, 0.3) is 22.3 Å². The molecule has 0 saturated carbocycles. The molecule has 1 heterocycles. The molecule has 27 heavy (non-hydrogen) atoms. The second kappa shape index (κ2) is 7.06. The maximum atomic E-state index is 13.2. The van der Waals surface area contributed by atoms with E-state index < -0.39 is 16.7 Å². The van der Waals surface area contributed by atoms with E-state index in [0.29, 0.717) is 10.9 Å². The van der Waals surface area contributed by atoms with Gasteiger partial charge in [0, 0.05) is 18.6 Å². The Labute approximate surface area is 153 Å². The molecule has 0 bridgehead atoms. The third-order valence-corrected chi connectivity index (χ3v) is 3.64. The van der Waals surface area contributed by atoms with Crippen molar-refractivity contribution in [3.8, 4) is 22.8 Å². The number of rotatable bonds is 5. The topological polar surface area (TPSA) is 91.8 Å². The number of ether oxygens (including phenoxy) is 2. The maximum Gasteiger partial charge on any atom is 0.314 e. The molecule has 140 valence electrons. The fourth-order valence-corrected chi connectivity index (χ4v) is 2.62. The van der Waals surface area contributed by atoms with Crippen molar-refractivity contribution >= 4 is 22.6 Å². The minimum absolute atomic E-state index is 0.0300. The lowest BCUT2D eigenvalue weighted by molar-refractivity contribution is -0.385. The van der Waals surface area contributed by atoms with E-state index >= 15 is 0 Å². The fraction of sp³-hybridized carbons (Fsp3) is 0.211. The molecule has 0 aliphatic carbocycles. The van der Waals surface area contributed by atoms with Crippen LogP contribution < -0.4 is 9.47 Å². The minimum atomic E-state index is -0.592. The molecule has 0 spiro atoms. The highest BCUT2D eigenvalue weighted by molar-refractivity contribution is 5.96. The van der Waals surface area contributed by atoms with Gasteiger partial charge in [-0.3, -0.25) is 14.9 Å². The van der Waals surface area contributed by atoms with Gasteiger partial charge in [-0.25, -0.2) is 4.39 Å². The van der Waals surface area contributed by atoms with Crippen LogP contribution in [0.5, 0.6) is 11.5 Å². The van der Waals surface area contributed by atoms with Crippen molar-refractivity contribution in [1.29, 1.82) is 0 Å². The molecule has 0 atom stereocenters. The molecule has 8 heteroatoms. The molecule has 2 aromatic carbocycles. The van der Waals surface area contributed by atoms with Crippen molar-refractivity contribution in [1.82, 2.24) is 0 Å². The number of nitro benzene ring substituents is 1. The number of nitro groups is 1. The van der Waals surface area contributed by atoms with E-state index in [1.165, 1.54) is 43.3 Å². The van der Waals surface area contributed by atoms with Crippen LogP contribution in [0.4, 0.5) is 10.1 Å². The molecule has 1 aromatic heterocycles. The summed E-state index contributed by atoms with van der Waals surface area (Å²) < 4.78 is 29.8. The number of halogens is 1. The Hall–Kier alpha value is -3.42. The van der Waals surface area contributed by atoms with Gasteiger partial charge in [0.25, 0.3) is 0 Å². The van der Waals surface area contributed by atoms with Gasteiger partial charge in [0.15, 0.2) is 17.3 Å². The molecule has 0 amide bonds. The van der Waals surface area contributed by atoms with Crippen molar-refractivity contribution in [2.75, 3.05) is 0 Å². The van der Waals surface area contributed by atoms with Crippen LogP contribution in [-0.2, 0) is 4.79 Å². The average Bonchev–Trinajstić information content (AvgIpc) is 2.91. The van der Waals surface area contributed by atoms with Gasteiger partial charge in [0.2, 0.25) is 0 Å². The highest BCUT2D eigenvalue weighted by Crippen LogP contribution is 2.44. The number of esters is 1. The molecule has 3 aromatic rings. The van der Waals surface area contributed by atoms with E-state index in [-0.39, 0.29) is 34.6 Å². The Kier molecular flexibility index (Phi) is 4.81. The third kappa shape index (κ3) is 3.74. The van der Waals surface area contributed by atoms with Crippen LogP contribution in [0.2, 0.25) is 0 Å². The number of hydrogen-bond acceptors (Lipinski definition) is 6. The van der Waals surface area contributed by atoms with Crippen LogP contribution in [0.1, 0.15) is 20.8 Å². The lowest BCUT2D eigenvalue weighted by atomic mass is 10.1. The molecule has 0 fully saturated rings. The molecule has 0 unspecified atom stereocenters. The molecule has 0 radical (unpaired) electrons. The number of carbonyl (C=O) groups is 1. The van der Waals surface area contributed by atoms with Crippen molar-refractivity contribution < 1.29 is 28.0 Å². The first kappa shape index (κ1) is 18.4. The summed E-state index contributed by atoms with van der Waals surface area (Å²) in [7, 11) is 0. The summed E-state index contributed by atoms with van der Waals surface area (Å²) in [6.07, 6.45) is -0.304. The Morgan fingerprint density at radius 1 is 1.22 bits per heavy atom. The summed E-state index contributed by atoms with van der Waals surface area (Å²) in [5, 5.41) is 11.7. The second-order valence-corrected chi connectivity index (χ2v) is 6.10. The maximum absolute atomic E-state index is 13.2. The largest absolute Gasteiger partial charge is 0.484 e. The van der Waals surface area contributed by atoms with Gasteiger partial charge < -0.3 is 13.9 Å². The summed E-state index contributed by atoms with van der Waals surface area (Å²) >= 11 is 0. The normalized spacial score (nSPS) is 11.0. The molecular formula is C19H16FNO6. The number of fused-ring (bicyclic) bond motifs is 1. The van der Waals surface area contributed by atoms with Gasteiger partial charge >= 0.3 is 11.7 Å². The van der Waals surface area contributed by atoms with Crippen molar-refractivity contribution in [3.63, 3.8) is 0 Å². The van der Waals surface area contributed by atoms with Gasteiger partial charge in [-0.15, -0.1) is 0 Å². The molecule has 0 N–H and O–H groups in total. The van der Waals surface area contributed by atoms with Crippen LogP contribution >= 0.6 is 0 Å². The van der Waals surface area contributed by atoms with Gasteiger partial charge in [0.05, 0.1) is 22.5 Å². The zero-order valence-corrected chi connectivity index (χ0v) is 14.8. The highest BCUT2D eigenvalue weighted by atomic mass is 19.1. The van der Waals surface area contributed by atoms with Gasteiger partial charge in [-0.2, -0.15) is 0 Å². The average molecular weight is 373 g/mol. The van der Waals surface area contributed by atoms with Gasteiger partial charge in [-0.1, -0.05) is 0 Å². The molecule has 0 aliphatic rings. The lowest BCUT2D eigenvalue weighted by Crippen LogP contribution is -2.07. The van der Waals surface area contributed by atoms with Gasteiger partial charge in [0.1, 0.15) is 11.4 Å². The molecule has 7 nitrogen and oxygen atoms in total. The molecule has 0 saturated heterocycles. The lowest BCUT2D eigenvalue weighted by Gasteiger charge is -2.10. The van der Waals surface area contributed by atoms with E-state index in [1.54, 1.807) is 13.8 Å². The Balaban J connectivity index is 2.28. The van der Waals surface area contributed by atoms with Crippen LogP contribution in [0, 0.1) is 15.9 Å². The molecule has 3 rings (SSSR count). The molecular weight excluding hydrogens is 357 g/mol. The van der Waals surface area contributed by atoms with Crippen LogP contribution in [0.15, 0.2) is 40.8 Å². The first-order valence-corrected chi connectivity index (χ1v) is 8.12. The standard InChI is InChI=1S/C19H16FNO6/c1-10(2)25-17-8-14-16(9-15(17)21(23)24)27-18(19(14)26-11(3)22)12-4-6-13(20)7-5-12/h4-10H,1-3H3. The van der Waals surface area contributed by atoms with E-state index in [4.69, 9.17) is 13.9 Å². The van der Waals surface area contributed by atoms with Gasteiger partial charge in [-0.05, 0) is 38.1 Å². The number of benzene rings is 2. The third-order valence-electron chi connectivity index (χ3n) is 3.64. The fourth-order valence-electron chi connectivity index (χ4n) is 2.62. The summed E-state index contributed by atoms with van der Waals surface area (Å²) in [4.78, 5) is 22.4. The number of furan rings is 1. The Morgan fingerprint density at radius 2 is 1.89 bits per heavy atom. The smallest absolute Gasteiger partial charge is 0.314 e. The van der Waals surface area contributed by atoms with Crippen LogP contribution in [0.3, 0.4) is 0 Å². The quantitative estimate of drug-likeness (QED) is 0.360. The molecule has 0 aliphatic heterocycles. The Morgan fingerprint density at radius 3 is 2.44 bits per heavy atom. The first-order chi connectivity index (χ1) is 12.8. The predicted molar refractivity (Wildman–Crippen MR) is 95.3 cm³/mol. The summed E-state index contributed by atoms with van der Waals surface area (Å²) in [6, 6.07) is 8.00. The van der Waals surface area contributed by atoms with Crippen molar-refractivity contribution in [3.05, 3.63) is 52.3 Å². The number of nitrogens with zero attached hydrogens (tertiary/aromatic N) is 1. The minimum Gasteiger partial charge on any atom is -0.484 e. The van der Waals surface area contributed by atoms with Crippen LogP contribution in [-0.4, -0.2) is 17.0 Å². The zero-order valence-electron chi connectivity index (χ0n) is 14.8. The van der Waals surface area contributed by atoms with E-state index in [0.717, 1.165) is 0 Å². The monoisotopic (exact) mass is 373 g/mol. The number of carbonyl (C=O) groups excluding carboxylic acids is 1. The Bertz CT molecular complexity index is 1020. The predicted octanol–water partition coefficient (Wildman–Crippen LogP) is 4.86. The van der Waals surface area contributed by atoms with E-state index in [1.807, 2.05) is 0 Å². The summed E-state index contributed by atoms with van der Waals surface area (Å²) in [5.74, 6) is -0.746. The van der Waals surface area contributed by atoms with E-state index in [2.05, 4.69) is 0 Å². The zero-order chi connectivity index (χ0) is 19.7. The second-order valence-electron chi connectivity index (χ2n) is 6.10. The first-order valence-electron chi connectivity index (χ1n) is 8.12. The number of hydrogen-bond donors (Lipinski definition) is 0. The van der Waals surface area contributed by atoms with Crippen molar-refractivity contribution in [2.24, 2.45) is 0 Å². The highest BCUT2D eigenvalue weighted by Gasteiger charge is 2.25. The summed E-state index contributed by atoms with van der Waals surface area (Å²) in [6.45, 7) is 4.70. The van der Waals surface area contributed by atoms with Crippen molar-refractivity contribution in [2.45, 2.75) is 26.9 Å².